The average Bonchev–Trinajstić information content (AvgIpc) is 0.844. The van der Waals surface area contributed by atoms with E-state index in [2.05, 4.69) is 39.2 Å². The largest absolute Gasteiger partial charge is 1.00 e. The summed E-state index contributed by atoms with van der Waals surface area (Å²) in [6, 6.07) is 21.9. The Labute approximate surface area is 654 Å². The van der Waals surface area contributed by atoms with Crippen LogP contribution in [0.4, 0.5) is 18.0 Å². The fourth-order valence-corrected chi connectivity index (χ4v) is 10.4. The number of ether oxygens (including phenoxy) is 4. The van der Waals surface area contributed by atoms with Gasteiger partial charge in [-0.1, -0.05) is 20.8 Å². The molecule has 0 saturated carbocycles. The number of sulfone groups is 2. The number of hydrogen-bond acceptors (Lipinski definition) is 20. The van der Waals surface area contributed by atoms with Crippen molar-refractivity contribution in [2.24, 2.45) is 0 Å². The number of halogens is 3. The third kappa shape index (κ3) is 44.7. The van der Waals surface area contributed by atoms with Crippen LogP contribution in [0.5, 0.6) is 0 Å². The molecule has 0 bridgehead atoms. The molecule has 5 rings (SSSR count). The maximum absolute atomic E-state index is 12.6. The molecule has 0 aromatic heterocycles. The number of nitrogens with one attached hydrogen (secondary N) is 1. The van der Waals surface area contributed by atoms with Crippen LogP contribution in [0.2, 0.25) is 0 Å². The number of carbonyl (C=O) groups is 7. The number of thiol groups is 1. The van der Waals surface area contributed by atoms with Crippen LogP contribution >= 0.6 is 24.4 Å². The van der Waals surface area contributed by atoms with Crippen molar-refractivity contribution in [3.8, 4) is 0 Å². The normalized spacial score (nSPS) is 9.73. The molecule has 0 radical (unpaired) electrons. The van der Waals surface area contributed by atoms with Crippen LogP contribution in [0.25, 0.3) is 0 Å². The van der Waals surface area contributed by atoms with E-state index in [9.17, 15) is 58.8 Å². The van der Waals surface area contributed by atoms with Crippen LogP contribution < -0.4 is 132 Å². The zero-order valence-corrected chi connectivity index (χ0v) is 65.3. The summed E-state index contributed by atoms with van der Waals surface area (Å²) in [5.74, 6) is -2.06. The minimum Gasteiger partial charge on any atom is -1.00 e. The summed E-state index contributed by atoms with van der Waals surface area (Å²) < 4.78 is 106. The van der Waals surface area contributed by atoms with E-state index in [4.69, 9.17) is 31.1 Å². The summed E-state index contributed by atoms with van der Waals surface area (Å²) in [5.41, 5.74) is 4.38. The van der Waals surface area contributed by atoms with E-state index >= 15 is 0 Å². The summed E-state index contributed by atoms with van der Waals surface area (Å²) in [6.07, 6.45) is 1.89. The fraction of sp³-hybridized carbons (Fsp3) is 0.393. The van der Waals surface area contributed by atoms with Crippen LogP contribution in [0.15, 0.2) is 106 Å². The minimum atomic E-state index is -3.27. The van der Waals surface area contributed by atoms with Gasteiger partial charge in [0.2, 0.25) is 0 Å². The zero-order chi connectivity index (χ0) is 69.3. The molecular weight excluding hydrogens is 1350 g/mol. The van der Waals surface area contributed by atoms with Crippen LogP contribution in [0.3, 0.4) is 0 Å². The van der Waals surface area contributed by atoms with Gasteiger partial charge in [0.05, 0.1) is 79.0 Å². The maximum Gasteiger partial charge on any atom is 1.00 e. The van der Waals surface area contributed by atoms with Gasteiger partial charge in [-0.3, -0.25) is 9.18 Å². The summed E-state index contributed by atoms with van der Waals surface area (Å²) in [6.45, 7) is 20.0. The van der Waals surface area contributed by atoms with E-state index < -0.39 is 62.1 Å². The van der Waals surface area contributed by atoms with Crippen molar-refractivity contribution in [1.82, 2.24) is 5.32 Å². The van der Waals surface area contributed by atoms with E-state index in [1.807, 2.05) is 64.6 Å². The summed E-state index contributed by atoms with van der Waals surface area (Å²) >= 11 is 5.75. The Morgan fingerprint density at radius 3 is 1.22 bits per heavy atom. The van der Waals surface area contributed by atoms with Crippen LogP contribution in [0.1, 0.15) is 143 Å². The molecule has 0 saturated heterocycles. The quantitative estimate of drug-likeness (QED) is 0.0150. The predicted octanol–water partition coefficient (Wildman–Crippen LogP) is 1.46. The first-order valence-electron chi connectivity index (χ1n) is 27.0. The Bertz CT molecular complexity index is 3300. The molecule has 0 atom stereocenters. The number of alkyl carbamates (subject to hydrolysis) is 1. The van der Waals surface area contributed by atoms with E-state index in [-0.39, 0.29) is 191 Å². The molecule has 0 heterocycles. The second-order valence-corrected chi connectivity index (χ2v) is 24.6. The number of carboxylic acids is 2. The van der Waals surface area contributed by atoms with Gasteiger partial charge in [-0.05, 0) is 199 Å². The first kappa shape index (κ1) is 103. The Balaban J connectivity index is -0.000000130. The van der Waals surface area contributed by atoms with Crippen LogP contribution in [-0.2, 0) is 48.3 Å². The molecule has 508 valence electrons. The second kappa shape index (κ2) is 57.4. The Kier molecular flexibility index (Phi) is 63.5. The molecule has 6 N–H and O–H groups in total. The van der Waals surface area contributed by atoms with Crippen molar-refractivity contribution in [3.05, 3.63) is 158 Å². The van der Waals surface area contributed by atoms with Gasteiger partial charge in [-0.25, -0.2) is 54.4 Å². The molecule has 5 aromatic rings. The third-order valence-corrected chi connectivity index (χ3v) is 15.9. The number of alkyl halides is 1. The van der Waals surface area contributed by atoms with Crippen molar-refractivity contribution < 1.29 is 238 Å². The van der Waals surface area contributed by atoms with Gasteiger partial charge in [-0.2, -0.15) is 12.6 Å². The number of rotatable bonds is 17. The van der Waals surface area contributed by atoms with E-state index in [0.29, 0.717) is 64.1 Å². The number of methoxy groups -OCH3 is 3. The van der Waals surface area contributed by atoms with Gasteiger partial charge in [0, 0.05) is 17.2 Å². The van der Waals surface area contributed by atoms with E-state index in [1.54, 1.807) is 34.6 Å². The molecule has 22 nitrogen and oxygen atoms in total. The Hall–Kier alpha value is -3.67. The van der Waals surface area contributed by atoms with E-state index in [1.165, 1.54) is 93.0 Å². The molecule has 0 fully saturated rings. The number of carbonyl (C=O) groups excluding carboxylic acids is 5. The standard InChI is InChI=1S/C12H16O4S.C12H16O2S.C11H14O4S.C9H9FO2.C8H7FO2.C7H15NO2S.CH3F.CH2O3.2K.Li.2H2O.H/c1-4-7-17(14,15)10-5-6-11(9(2)8-10)12(13)16-3;1-4-7-15-10-5-6-11(9(2)8-10)12(13)14-3;1-3-6-16(14,15)9-4-5-10(11(12)13)8(2)7-9;1-6-5-7(10)3-4-8(6)9(11)12-2;1-5-4-6(9)2-3-7(5)8(10)11;1-7(2,3)10-6(9)8-4-5-11;1-2;2-1-4-3;;;;;;/h5-6,8H,4,7H2,1-3H3;5-6,8H,4,7H2,1-3H3;4-5,7H,3,6H2,1-2H3,(H,12,13);3-5H,1-2H3;2-4H,1H3,(H,10,11);11H,4-5H2,1-3H3,(H,8,9);1H3;1,3H;;;;2*1H2;/q;;;;;;;;3*+1;;;-1/p-2/i;;;;;;1D;;;;;;;. The van der Waals surface area contributed by atoms with Gasteiger partial charge in [0.1, 0.15) is 17.2 Å². The molecule has 1 amide bonds. The van der Waals surface area contributed by atoms with Gasteiger partial charge >= 0.3 is 158 Å². The summed E-state index contributed by atoms with van der Waals surface area (Å²) in [5, 5.41) is 28.3. The topological polar surface area (TPSA) is 371 Å². The van der Waals surface area contributed by atoms with Crippen molar-refractivity contribution in [3.63, 3.8) is 0 Å². The van der Waals surface area contributed by atoms with Gasteiger partial charge < -0.3 is 57.0 Å². The molecule has 93 heavy (non-hydrogen) atoms. The van der Waals surface area contributed by atoms with Crippen LogP contribution in [0, 0.1) is 46.3 Å². The van der Waals surface area contributed by atoms with Crippen molar-refractivity contribution >= 4 is 86.5 Å². The van der Waals surface area contributed by atoms with Crippen molar-refractivity contribution in [2.45, 2.75) is 116 Å². The number of carboxylic acid groups (broad SMARTS) is 2. The number of thioether (sulfide) groups is 1. The molecule has 0 spiro atoms. The molecule has 5 aromatic carbocycles. The SMILES string of the molecule is CC(C)(C)OC(=O)NCCS.CCCS(=O)(=O)c1ccc(C(=O)O)c(C)c1.CCCS(=O)(=O)c1ccc(C(=O)OC)c(C)c1.CCCSc1ccc(C(=O)OC)c(C)c1.COC(=O)c1ccc(F)cc1C.Cc1cc(F)ccc1C(=O)O.O.O=CO[O-].[2H]CF.[H-].[K+].[K+].[Li+].[OH-]. The van der Waals surface area contributed by atoms with Gasteiger partial charge in [-0.15, -0.1) is 11.8 Å². The molecule has 0 aliphatic heterocycles. The van der Waals surface area contributed by atoms with Crippen LogP contribution in [-0.4, -0.2) is 144 Å². The number of benzene rings is 5. The first-order chi connectivity index (χ1) is 41.5. The summed E-state index contributed by atoms with van der Waals surface area (Å²) in [7, 11) is -3.51. The molecule has 0 aliphatic carbocycles. The smallest absolute Gasteiger partial charge is 1.00 e. The number of hydrogen-bond donors (Lipinski definition) is 4. The Morgan fingerprint density at radius 1 is 0.634 bits per heavy atom. The molecule has 0 unspecified atom stereocenters. The van der Waals surface area contributed by atoms with Gasteiger partial charge in [0.15, 0.2) is 19.7 Å². The predicted molar refractivity (Wildman–Crippen MR) is 338 cm³/mol. The number of esters is 3. The molecular formula is C61H85F3K2LiNO21S4. The Morgan fingerprint density at radius 2 is 0.946 bits per heavy atom. The van der Waals surface area contributed by atoms with Crippen molar-refractivity contribution in [2.75, 3.05) is 58.0 Å². The zero-order valence-electron chi connectivity index (χ0n) is 57.7. The number of amides is 1. The summed E-state index contributed by atoms with van der Waals surface area (Å²) in [4.78, 5) is 78.6. The first-order valence-corrected chi connectivity index (χ1v) is 31.2. The molecule has 32 heteroatoms. The minimum absolute atomic E-state index is 0. The monoisotopic (exact) mass is 1440 g/mol. The second-order valence-electron chi connectivity index (χ2n) is 18.8. The third-order valence-electron chi connectivity index (χ3n) is 10.6. The maximum atomic E-state index is 12.6. The number of aromatic carboxylic acids is 2. The number of aryl methyl sites for hydroxylation is 5. The fourth-order valence-electron chi connectivity index (χ4n) is 6.60. The van der Waals surface area contributed by atoms with Crippen molar-refractivity contribution in [1.29, 1.82) is 0 Å². The van der Waals surface area contributed by atoms with Gasteiger partial charge in [0.25, 0.3) is 6.47 Å². The van der Waals surface area contributed by atoms with E-state index in [0.717, 1.165) is 23.8 Å². The molecule has 0 aliphatic rings. The average molecular weight is 1440 g/mol.